The highest BCUT2D eigenvalue weighted by molar-refractivity contribution is 5.59. The number of hydrogen-bond acceptors (Lipinski definition) is 1. The van der Waals surface area contributed by atoms with Gasteiger partial charge in [-0.05, 0) is 32.1 Å². The Morgan fingerprint density at radius 1 is 1.30 bits per heavy atom. The van der Waals surface area contributed by atoms with Crippen molar-refractivity contribution in [3.05, 3.63) is 11.8 Å². The van der Waals surface area contributed by atoms with Crippen molar-refractivity contribution in [2.24, 2.45) is 10.9 Å². The first-order valence-corrected chi connectivity index (χ1v) is 4.19. The number of nitrogens with zero attached hydrogens (tertiary/aromatic N) is 1. The minimum absolute atomic E-state index is 0.818. The number of hydrogen-bond donors (Lipinski definition) is 0. The molecule has 1 atom stereocenters. The maximum Gasteiger partial charge on any atom is 0.0390 e. The Balaban J connectivity index is 2.17. The van der Waals surface area contributed by atoms with Crippen molar-refractivity contribution < 1.29 is 0 Å². The molecule has 0 aromatic rings. The van der Waals surface area contributed by atoms with E-state index in [4.69, 9.17) is 0 Å². The summed E-state index contributed by atoms with van der Waals surface area (Å²) in [5.41, 5.74) is 1.37. The standard InChI is InChI=1S/C9H13N/c1-2-7-10-9-6-3-5-8(9)4-1/h6-8H,1-5H2. The average molecular weight is 135 g/mol. The SMILES string of the molecule is C1=NC2=CCCC2CCC1. The second kappa shape index (κ2) is 2.57. The maximum absolute atomic E-state index is 4.42. The average Bonchev–Trinajstić information content (AvgIpc) is 2.28. The van der Waals surface area contributed by atoms with Gasteiger partial charge in [0.25, 0.3) is 0 Å². The van der Waals surface area contributed by atoms with Crippen LogP contribution in [0.15, 0.2) is 16.8 Å². The highest BCUT2D eigenvalue weighted by Gasteiger charge is 2.18. The van der Waals surface area contributed by atoms with Crippen molar-refractivity contribution in [1.82, 2.24) is 0 Å². The van der Waals surface area contributed by atoms with Gasteiger partial charge in [0.1, 0.15) is 0 Å². The molecule has 0 radical (unpaired) electrons. The molecule has 1 unspecified atom stereocenters. The maximum atomic E-state index is 4.42. The van der Waals surface area contributed by atoms with E-state index in [2.05, 4.69) is 17.3 Å². The van der Waals surface area contributed by atoms with Crippen LogP contribution in [0.5, 0.6) is 0 Å². The van der Waals surface area contributed by atoms with Gasteiger partial charge in [-0.15, -0.1) is 0 Å². The van der Waals surface area contributed by atoms with Gasteiger partial charge in [0, 0.05) is 17.8 Å². The van der Waals surface area contributed by atoms with Crippen molar-refractivity contribution in [3.63, 3.8) is 0 Å². The largest absolute Gasteiger partial charge is 0.266 e. The van der Waals surface area contributed by atoms with E-state index in [1.54, 1.807) is 0 Å². The third kappa shape index (κ3) is 1.00. The second-order valence-corrected chi connectivity index (χ2v) is 3.15. The Labute approximate surface area is 61.9 Å². The topological polar surface area (TPSA) is 12.4 Å². The minimum Gasteiger partial charge on any atom is -0.266 e. The van der Waals surface area contributed by atoms with Crippen LogP contribution in [0.4, 0.5) is 0 Å². The summed E-state index contributed by atoms with van der Waals surface area (Å²) in [5, 5.41) is 0. The smallest absolute Gasteiger partial charge is 0.0390 e. The van der Waals surface area contributed by atoms with Crippen LogP contribution < -0.4 is 0 Å². The molecule has 0 saturated carbocycles. The summed E-state index contributed by atoms with van der Waals surface area (Å²) in [6.07, 6.45) is 10.9. The molecule has 1 aliphatic heterocycles. The lowest BCUT2D eigenvalue weighted by Gasteiger charge is -2.06. The van der Waals surface area contributed by atoms with Crippen LogP contribution in [0.3, 0.4) is 0 Å². The van der Waals surface area contributed by atoms with E-state index >= 15 is 0 Å². The van der Waals surface area contributed by atoms with E-state index in [9.17, 15) is 0 Å². The molecule has 0 bridgehead atoms. The van der Waals surface area contributed by atoms with Gasteiger partial charge >= 0.3 is 0 Å². The van der Waals surface area contributed by atoms with Crippen molar-refractivity contribution in [2.45, 2.75) is 32.1 Å². The third-order valence-electron chi connectivity index (χ3n) is 2.41. The Morgan fingerprint density at radius 2 is 2.30 bits per heavy atom. The molecule has 54 valence electrons. The summed E-state index contributed by atoms with van der Waals surface area (Å²) < 4.78 is 0. The molecule has 1 nitrogen and oxygen atoms in total. The summed E-state index contributed by atoms with van der Waals surface area (Å²) in [6.45, 7) is 0. The highest BCUT2D eigenvalue weighted by atomic mass is 14.8. The molecule has 2 aliphatic rings. The first-order valence-electron chi connectivity index (χ1n) is 4.19. The third-order valence-corrected chi connectivity index (χ3v) is 2.41. The molecule has 0 fully saturated rings. The first-order chi connectivity index (χ1) is 4.97. The van der Waals surface area contributed by atoms with Gasteiger partial charge in [0.15, 0.2) is 0 Å². The van der Waals surface area contributed by atoms with E-state index in [1.165, 1.54) is 37.8 Å². The zero-order valence-electron chi connectivity index (χ0n) is 6.21. The Hall–Kier alpha value is -0.590. The Bertz CT molecular complexity index is 179. The lowest BCUT2D eigenvalue weighted by Crippen LogP contribution is -1.94. The fourth-order valence-electron chi connectivity index (χ4n) is 1.82. The predicted molar refractivity (Wildman–Crippen MR) is 43.2 cm³/mol. The fourth-order valence-corrected chi connectivity index (χ4v) is 1.82. The molecule has 0 saturated heterocycles. The fraction of sp³-hybridized carbons (Fsp3) is 0.667. The molecule has 0 spiro atoms. The summed E-state index contributed by atoms with van der Waals surface area (Å²) in [5.74, 6) is 0.818. The monoisotopic (exact) mass is 135 g/mol. The molecule has 0 amide bonds. The Kier molecular flexibility index (Phi) is 1.58. The van der Waals surface area contributed by atoms with Crippen LogP contribution in [0, 0.1) is 5.92 Å². The van der Waals surface area contributed by atoms with Gasteiger partial charge in [-0.1, -0.05) is 6.08 Å². The lowest BCUT2D eigenvalue weighted by atomic mass is 10.0. The highest BCUT2D eigenvalue weighted by Crippen LogP contribution is 2.32. The van der Waals surface area contributed by atoms with Crippen LogP contribution in [0.1, 0.15) is 32.1 Å². The molecule has 1 heterocycles. The van der Waals surface area contributed by atoms with Crippen molar-refractivity contribution >= 4 is 6.21 Å². The second-order valence-electron chi connectivity index (χ2n) is 3.15. The summed E-state index contributed by atoms with van der Waals surface area (Å²) >= 11 is 0. The predicted octanol–water partition coefficient (Wildman–Crippen LogP) is 2.54. The minimum atomic E-state index is 0.818. The summed E-state index contributed by atoms with van der Waals surface area (Å²) in [4.78, 5) is 4.42. The molecule has 1 heteroatoms. The van der Waals surface area contributed by atoms with E-state index in [1.807, 2.05) is 0 Å². The zero-order chi connectivity index (χ0) is 6.81. The van der Waals surface area contributed by atoms with Crippen LogP contribution in [-0.2, 0) is 0 Å². The number of allylic oxidation sites excluding steroid dienone is 2. The van der Waals surface area contributed by atoms with Crippen LogP contribution >= 0.6 is 0 Å². The van der Waals surface area contributed by atoms with Gasteiger partial charge < -0.3 is 0 Å². The normalized spacial score (nSPS) is 31.2. The van der Waals surface area contributed by atoms with Crippen LogP contribution in [-0.4, -0.2) is 6.21 Å². The summed E-state index contributed by atoms with van der Waals surface area (Å²) in [7, 11) is 0. The van der Waals surface area contributed by atoms with Crippen molar-refractivity contribution in [1.29, 1.82) is 0 Å². The van der Waals surface area contributed by atoms with Crippen molar-refractivity contribution in [3.8, 4) is 0 Å². The van der Waals surface area contributed by atoms with Crippen molar-refractivity contribution in [2.75, 3.05) is 0 Å². The van der Waals surface area contributed by atoms with E-state index in [0.29, 0.717) is 0 Å². The van der Waals surface area contributed by atoms with E-state index < -0.39 is 0 Å². The van der Waals surface area contributed by atoms with Crippen LogP contribution in [0.2, 0.25) is 0 Å². The quantitative estimate of drug-likeness (QED) is 0.484. The lowest BCUT2D eigenvalue weighted by molar-refractivity contribution is 0.543. The number of rotatable bonds is 0. The van der Waals surface area contributed by atoms with Gasteiger partial charge in [-0.3, -0.25) is 4.99 Å². The molecule has 0 aromatic heterocycles. The first kappa shape index (κ1) is 6.14. The molecule has 1 aliphatic carbocycles. The van der Waals surface area contributed by atoms with Gasteiger partial charge in [-0.25, -0.2) is 0 Å². The number of fused-ring (bicyclic) bond motifs is 1. The van der Waals surface area contributed by atoms with Crippen LogP contribution in [0.25, 0.3) is 0 Å². The molecule has 0 N–H and O–H groups in total. The molecular formula is C9H13N. The number of aliphatic imine (C=N–C) groups is 1. The Morgan fingerprint density at radius 3 is 3.30 bits per heavy atom. The van der Waals surface area contributed by atoms with Gasteiger partial charge in [0.2, 0.25) is 0 Å². The van der Waals surface area contributed by atoms with E-state index in [0.717, 1.165) is 5.92 Å². The molecular weight excluding hydrogens is 122 g/mol. The van der Waals surface area contributed by atoms with Gasteiger partial charge in [0.05, 0.1) is 0 Å². The zero-order valence-corrected chi connectivity index (χ0v) is 6.21. The van der Waals surface area contributed by atoms with Gasteiger partial charge in [-0.2, -0.15) is 0 Å². The molecule has 10 heavy (non-hydrogen) atoms. The molecule has 0 aromatic carbocycles. The van der Waals surface area contributed by atoms with E-state index in [-0.39, 0.29) is 0 Å². The molecule has 2 rings (SSSR count). The summed E-state index contributed by atoms with van der Waals surface area (Å²) in [6, 6.07) is 0.